The van der Waals surface area contributed by atoms with E-state index in [0.717, 1.165) is 5.56 Å². The van der Waals surface area contributed by atoms with Gasteiger partial charge in [-0.05, 0) is 17.9 Å². The van der Waals surface area contributed by atoms with E-state index < -0.39 is 18.1 Å². The lowest BCUT2D eigenvalue weighted by atomic mass is 10.0. The average Bonchev–Trinajstić information content (AvgIpc) is 2.37. The quantitative estimate of drug-likeness (QED) is 0.817. The Morgan fingerprint density at radius 2 is 1.80 bits per heavy atom. The molecule has 0 bridgehead atoms. The summed E-state index contributed by atoms with van der Waals surface area (Å²) < 4.78 is 0. The molecular formula is C15H22N2O3. The number of rotatable bonds is 6. The van der Waals surface area contributed by atoms with Crippen LogP contribution in [0.3, 0.4) is 0 Å². The molecule has 0 saturated heterocycles. The number of likely N-dealkylation sites (N-methyl/N-ethyl adjacent to an activating group) is 1. The van der Waals surface area contributed by atoms with E-state index in [1.165, 1.54) is 11.9 Å². The zero-order valence-corrected chi connectivity index (χ0v) is 12.1. The van der Waals surface area contributed by atoms with Crippen LogP contribution in [0.25, 0.3) is 0 Å². The third-order valence-corrected chi connectivity index (χ3v) is 3.27. The summed E-state index contributed by atoms with van der Waals surface area (Å²) in [7, 11) is 1.49. The smallest absolute Gasteiger partial charge is 0.326 e. The fraction of sp³-hybridized carbons (Fsp3) is 0.467. The van der Waals surface area contributed by atoms with Crippen molar-refractivity contribution >= 4 is 11.9 Å². The van der Waals surface area contributed by atoms with Gasteiger partial charge in [0, 0.05) is 7.05 Å². The second-order valence-corrected chi connectivity index (χ2v) is 5.27. The molecule has 0 fully saturated rings. The van der Waals surface area contributed by atoms with Gasteiger partial charge in [-0.1, -0.05) is 44.2 Å². The monoisotopic (exact) mass is 278 g/mol. The molecule has 1 aromatic rings. The van der Waals surface area contributed by atoms with Crippen LogP contribution in [-0.4, -0.2) is 41.0 Å². The van der Waals surface area contributed by atoms with Crippen LogP contribution >= 0.6 is 0 Å². The van der Waals surface area contributed by atoms with Gasteiger partial charge in [-0.25, -0.2) is 4.79 Å². The summed E-state index contributed by atoms with van der Waals surface area (Å²) in [5.41, 5.74) is 6.86. The van der Waals surface area contributed by atoms with Crippen molar-refractivity contribution in [3.63, 3.8) is 0 Å². The number of carboxylic acids is 1. The number of carboxylic acid groups (broad SMARTS) is 1. The Hall–Kier alpha value is -1.88. The van der Waals surface area contributed by atoms with Gasteiger partial charge in [0.15, 0.2) is 0 Å². The molecule has 110 valence electrons. The number of carbonyl (C=O) groups excluding carboxylic acids is 1. The van der Waals surface area contributed by atoms with Gasteiger partial charge in [-0.2, -0.15) is 0 Å². The van der Waals surface area contributed by atoms with Crippen molar-refractivity contribution in [2.75, 3.05) is 7.05 Å². The highest BCUT2D eigenvalue weighted by molar-refractivity contribution is 5.87. The van der Waals surface area contributed by atoms with Gasteiger partial charge < -0.3 is 15.7 Å². The van der Waals surface area contributed by atoms with Crippen LogP contribution in [-0.2, 0) is 16.0 Å². The van der Waals surface area contributed by atoms with Crippen LogP contribution in [0.2, 0.25) is 0 Å². The van der Waals surface area contributed by atoms with Crippen molar-refractivity contribution < 1.29 is 14.7 Å². The fourth-order valence-corrected chi connectivity index (χ4v) is 2.25. The minimum Gasteiger partial charge on any atom is -0.480 e. The number of benzene rings is 1. The van der Waals surface area contributed by atoms with Crippen molar-refractivity contribution in [2.45, 2.75) is 32.4 Å². The number of carbonyl (C=O) groups is 2. The number of nitrogens with two attached hydrogens (primary N) is 1. The van der Waals surface area contributed by atoms with Crippen molar-refractivity contribution in [3.8, 4) is 0 Å². The molecule has 0 unspecified atom stereocenters. The SMILES string of the molecule is CC(C)[C@@H](C(=O)O)N(C)C(=O)[C@@H](N)Cc1ccccc1. The molecule has 0 aliphatic rings. The van der Waals surface area contributed by atoms with Crippen molar-refractivity contribution in [1.29, 1.82) is 0 Å². The normalized spacial score (nSPS) is 13.8. The molecule has 1 amide bonds. The Morgan fingerprint density at radius 1 is 1.25 bits per heavy atom. The zero-order valence-electron chi connectivity index (χ0n) is 12.1. The molecule has 3 N–H and O–H groups in total. The van der Waals surface area contributed by atoms with E-state index in [2.05, 4.69) is 0 Å². The molecule has 0 aliphatic heterocycles. The van der Waals surface area contributed by atoms with E-state index in [-0.39, 0.29) is 11.8 Å². The van der Waals surface area contributed by atoms with Gasteiger partial charge in [0.05, 0.1) is 6.04 Å². The molecule has 0 aromatic heterocycles. The number of hydrogen-bond donors (Lipinski definition) is 2. The van der Waals surface area contributed by atoms with Crippen molar-refractivity contribution in [3.05, 3.63) is 35.9 Å². The summed E-state index contributed by atoms with van der Waals surface area (Å²) in [6.45, 7) is 3.54. The third kappa shape index (κ3) is 4.06. The summed E-state index contributed by atoms with van der Waals surface area (Å²) in [6, 6.07) is 7.85. The van der Waals surface area contributed by atoms with Gasteiger partial charge in [-0.3, -0.25) is 4.79 Å². The van der Waals surface area contributed by atoms with Crippen LogP contribution in [0.1, 0.15) is 19.4 Å². The maximum absolute atomic E-state index is 12.2. The largest absolute Gasteiger partial charge is 0.480 e. The predicted octanol–water partition coefficient (Wildman–Crippen LogP) is 1.12. The average molecular weight is 278 g/mol. The molecular weight excluding hydrogens is 256 g/mol. The Bertz CT molecular complexity index is 459. The highest BCUT2D eigenvalue weighted by Crippen LogP contribution is 2.12. The number of aliphatic carboxylic acids is 1. The first kappa shape index (κ1) is 16.2. The van der Waals surface area contributed by atoms with Gasteiger partial charge in [0.2, 0.25) is 5.91 Å². The number of hydrogen-bond acceptors (Lipinski definition) is 3. The molecule has 0 heterocycles. The zero-order chi connectivity index (χ0) is 15.3. The van der Waals surface area contributed by atoms with Gasteiger partial charge in [0.25, 0.3) is 0 Å². The van der Waals surface area contributed by atoms with Crippen LogP contribution in [0.5, 0.6) is 0 Å². The van der Waals surface area contributed by atoms with E-state index in [1.54, 1.807) is 13.8 Å². The molecule has 0 radical (unpaired) electrons. The first-order valence-electron chi connectivity index (χ1n) is 6.63. The lowest BCUT2D eigenvalue weighted by Gasteiger charge is -2.29. The maximum Gasteiger partial charge on any atom is 0.326 e. The van der Waals surface area contributed by atoms with Gasteiger partial charge >= 0.3 is 5.97 Å². The minimum absolute atomic E-state index is 0.176. The Labute approximate surface area is 119 Å². The predicted molar refractivity (Wildman–Crippen MR) is 77.2 cm³/mol. The Balaban J connectivity index is 2.75. The highest BCUT2D eigenvalue weighted by Gasteiger charge is 2.31. The van der Waals surface area contributed by atoms with Crippen LogP contribution in [0.15, 0.2) is 30.3 Å². The number of nitrogens with zero attached hydrogens (tertiary/aromatic N) is 1. The van der Waals surface area contributed by atoms with E-state index in [0.29, 0.717) is 6.42 Å². The molecule has 1 aromatic carbocycles. The Kier molecular flexibility index (Phi) is 5.70. The van der Waals surface area contributed by atoms with Gasteiger partial charge in [-0.15, -0.1) is 0 Å². The summed E-state index contributed by atoms with van der Waals surface area (Å²) >= 11 is 0. The molecule has 0 spiro atoms. The van der Waals surface area contributed by atoms with Gasteiger partial charge in [0.1, 0.15) is 6.04 Å². The van der Waals surface area contributed by atoms with Crippen molar-refractivity contribution in [1.82, 2.24) is 4.90 Å². The molecule has 5 heteroatoms. The number of amides is 1. The molecule has 1 rings (SSSR count). The summed E-state index contributed by atoms with van der Waals surface area (Å²) in [5, 5.41) is 9.20. The van der Waals surface area contributed by atoms with E-state index >= 15 is 0 Å². The second kappa shape index (κ2) is 7.05. The van der Waals surface area contributed by atoms with Crippen LogP contribution in [0, 0.1) is 5.92 Å². The summed E-state index contributed by atoms with van der Waals surface area (Å²) in [5.74, 6) is -1.54. The van der Waals surface area contributed by atoms with E-state index in [4.69, 9.17) is 5.73 Å². The molecule has 20 heavy (non-hydrogen) atoms. The summed E-state index contributed by atoms with van der Waals surface area (Å²) in [4.78, 5) is 24.7. The van der Waals surface area contributed by atoms with E-state index in [9.17, 15) is 14.7 Å². The standard InChI is InChI=1S/C15H22N2O3/c1-10(2)13(15(19)20)17(3)14(18)12(16)9-11-7-5-4-6-8-11/h4-8,10,12-13H,9,16H2,1-3H3,(H,19,20)/t12-,13-/m0/s1. The summed E-state index contributed by atoms with van der Waals surface area (Å²) in [6.07, 6.45) is 0.397. The topological polar surface area (TPSA) is 83.6 Å². The lowest BCUT2D eigenvalue weighted by molar-refractivity contribution is -0.151. The van der Waals surface area contributed by atoms with Crippen LogP contribution < -0.4 is 5.73 Å². The second-order valence-electron chi connectivity index (χ2n) is 5.27. The Morgan fingerprint density at radius 3 is 2.25 bits per heavy atom. The molecule has 2 atom stereocenters. The molecule has 0 saturated carbocycles. The maximum atomic E-state index is 12.2. The van der Waals surface area contributed by atoms with E-state index in [1.807, 2.05) is 30.3 Å². The molecule has 5 nitrogen and oxygen atoms in total. The minimum atomic E-state index is -1.01. The first-order chi connectivity index (χ1) is 9.34. The van der Waals surface area contributed by atoms with Crippen LogP contribution in [0.4, 0.5) is 0 Å². The first-order valence-corrected chi connectivity index (χ1v) is 6.63. The van der Waals surface area contributed by atoms with Crippen molar-refractivity contribution in [2.24, 2.45) is 11.7 Å². The molecule has 0 aliphatic carbocycles. The highest BCUT2D eigenvalue weighted by atomic mass is 16.4. The fourth-order valence-electron chi connectivity index (χ4n) is 2.25. The lowest BCUT2D eigenvalue weighted by Crippen LogP contribution is -2.52. The third-order valence-electron chi connectivity index (χ3n) is 3.27.